The number of benzene rings is 1. The molecule has 0 aromatic heterocycles. The van der Waals surface area contributed by atoms with Gasteiger partial charge in [0.05, 0.1) is 6.04 Å². The molecular formula is C13H19N3O. The second-order valence-electron chi connectivity index (χ2n) is 4.43. The maximum Gasteiger partial charge on any atom is 0.224 e. The first kappa shape index (κ1) is 11.9. The van der Waals surface area contributed by atoms with Gasteiger partial charge in [-0.1, -0.05) is 13.0 Å². The van der Waals surface area contributed by atoms with Crippen molar-refractivity contribution < 1.29 is 4.79 Å². The van der Waals surface area contributed by atoms with Gasteiger partial charge in [0.15, 0.2) is 0 Å². The molecule has 4 heteroatoms. The lowest BCUT2D eigenvalue weighted by molar-refractivity contribution is -0.115. The number of carbonyl (C=O) groups is 1. The summed E-state index contributed by atoms with van der Waals surface area (Å²) in [4.78, 5) is 11.3. The van der Waals surface area contributed by atoms with Gasteiger partial charge in [-0.15, -0.1) is 0 Å². The topological polar surface area (TPSA) is 53.2 Å². The van der Waals surface area contributed by atoms with Crippen molar-refractivity contribution >= 4 is 17.3 Å². The van der Waals surface area contributed by atoms with Crippen molar-refractivity contribution in [2.45, 2.75) is 26.3 Å². The van der Waals surface area contributed by atoms with Crippen LogP contribution in [0.4, 0.5) is 11.4 Å². The minimum Gasteiger partial charge on any atom is -0.379 e. The van der Waals surface area contributed by atoms with E-state index in [1.54, 1.807) is 0 Å². The van der Waals surface area contributed by atoms with E-state index in [0.29, 0.717) is 12.5 Å². The molecule has 0 radical (unpaired) electrons. The average Bonchev–Trinajstić information content (AvgIpc) is 2.27. The third-order valence-electron chi connectivity index (χ3n) is 2.98. The Balaban J connectivity index is 2.07. The number of nitrogens with one attached hydrogen (secondary N) is 3. The molecule has 4 nitrogen and oxygen atoms in total. The molecule has 0 unspecified atom stereocenters. The van der Waals surface area contributed by atoms with E-state index in [1.165, 1.54) is 5.56 Å². The molecule has 3 N–H and O–H groups in total. The second-order valence-corrected chi connectivity index (χ2v) is 4.43. The van der Waals surface area contributed by atoms with Crippen LogP contribution in [-0.4, -0.2) is 25.0 Å². The van der Waals surface area contributed by atoms with Crippen molar-refractivity contribution in [3.05, 3.63) is 23.8 Å². The van der Waals surface area contributed by atoms with Crippen molar-refractivity contribution in [2.75, 3.05) is 23.7 Å². The van der Waals surface area contributed by atoms with Crippen LogP contribution in [0.3, 0.4) is 0 Å². The molecule has 0 atom stereocenters. The molecule has 1 heterocycles. The van der Waals surface area contributed by atoms with Gasteiger partial charge in [-0.05, 0) is 24.6 Å². The van der Waals surface area contributed by atoms with Gasteiger partial charge < -0.3 is 16.0 Å². The minimum absolute atomic E-state index is 0.0464. The summed E-state index contributed by atoms with van der Waals surface area (Å²) in [5, 5.41) is 9.56. The molecule has 1 aromatic rings. The first-order valence-corrected chi connectivity index (χ1v) is 6.07. The normalized spacial score (nSPS) is 15.2. The number of rotatable bonds is 4. The number of amides is 1. The largest absolute Gasteiger partial charge is 0.379 e. The summed E-state index contributed by atoms with van der Waals surface area (Å²) < 4.78 is 0. The monoisotopic (exact) mass is 233 g/mol. The van der Waals surface area contributed by atoms with Crippen LogP contribution in [0, 0.1) is 6.92 Å². The zero-order valence-corrected chi connectivity index (χ0v) is 10.3. The Hall–Kier alpha value is -1.55. The van der Waals surface area contributed by atoms with Crippen molar-refractivity contribution in [3.63, 3.8) is 0 Å². The summed E-state index contributed by atoms with van der Waals surface area (Å²) in [6.07, 6.45) is 0.503. The highest BCUT2D eigenvalue weighted by Crippen LogP contribution is 2.21. The van der Waals surface area contributed by atoms with Crippen molar-refractivity contribution in [1.29, 1.82) is 0 Å². The first-order valence-electron chi connectivity index (χ1n) is 6.07. The van der Waals surface area contributed by atoms with Crippen LogP contribution < -0.4 is 16.0 Å². The Labute approximate surface area is 102 Å². The van der Waals surface area contributed by atoms with E-state index in [0.717, 1.165) is 24.5 Å². The van der Waals surface area contributed by atoms with Crippen LogP contribution in [0.2, 0.25) is 0 Å². The van der Waals surface area contributed by atoms with Crippen LogP contribution >= 0.6 is 0 Å². The van der Waals surface area contributed by atoms with Crippen molar-refractivity contribution in [1.82, 2.24) is 5.32 Å². The average molecular weight is 233 g/mol. The summed E-state index contributed by atoms with van der Waals surface area (Å²) in [6.45, 7) is 5.93. The zero-order valence-electron chi connectivity index (χ0n) is 10.3. The molecule has 1 fully saturated rings. The van der Waals surface area contributed by atoms with Crippen LogP contribution in [-0.2, 0) is 4.79 Å². The molecule has 17 heavy (non-hydrogen) atoms. The van der Waals surface area contributed by atoms with E-state index in [1.807, 2.05) is 25.1 Å². The third kappa shape index (κ3) is 2.97. The molecule has 1 aliphatic heterocycles. The van der Waals surface area contributed by atoms with Crippen LogP contribution in [0.25, 0.3) is 0 Å². The summed E-state index contributed by atoms with van der Waals surface area (Å²) in [5.74, 6) is 0.0464. The van der Waals surface area contributed by atoms with Gasteiger partial charge in [0.2, 0.25) is 5.91 Å². The fourth-order valence-electron chi connectivity index (χ4n) is 1.72. The standard InChI is InChI=1S/C13H19N3O/c1-3-13(17)16-10-5-4-9(2)12(6-10)15-11-7-14-8-11/h4-6,11,14-15H,3,7-8H2,1-2H3,(H,16,17). The van der Waals surface area contributed by atoms with Crippen molar-refractivity contribution in [2.24, 2.45) is 0 Å². The maximum atomic E-state index is 11.3. The molecule has 0 bridgehead atoms. The third-order valence-corrected chi connectivity index (χ3v) is 2.98. The highest BCUT2D eigenvalue weighted by Gasteiger charge is 2.16. The predicted molar refractivity (Wildman–Crippen MR) is 70.4 cm³/mol. The molecule has 1 aliphatic rings. The summed E-state index contributed by atoms with van der Waals surface area (Å²) >= 11 is 0. The maximum absolute atomic E-state index is 11.3. The molecule has 0 spiro atoms. The van der Waals surface area contributed by atoms with Gasteiger partial charge in [0, 0.05) is 30.9 Å². The minimum atomic E-state index is 0.0464. The van der Waals surface area contributed by atoms with E-state index >= 15 is 0 Å². The van der Waals surface area contributed by atoms with E-state index in [4.69, 9.17) is 0 Å². The van der Waals surface area contributed by atoms with Crippen LogP contribution in [0.5, 0.6) is 0 Å². The number of carbonyl (C=O) groups excluding carboxylic acids is 1. The van der Waals surface area contributed by atoms with E-state index < -0.39 is 0 Å². The highest BCUT2D eigenvalue weighted by atomic mass is 16.1. The molecular weight excluding hydrogens is 214 g/mol. The summed E-state index contributed by atoms with van der Waals surface area (Å²) in [7, 11) is 0. The lowest BCUT2D eigenvalue weighted by atomic mass is 10.1. The van der Waals surface area contributed by atoms with Gasteiger partial charge in [-0.3, -0.25) is 4.79 Å². The van der Waals surface area contributed by atoms with E-state index in [-0.39, 0.29) is 5.91 Å². The fourth-order valence-corrected chi connectivity index (χ4v) is 1.72. The quantitative estimate of drug-likeness (QED) is 0.742. The first-order chi connectivity index (χ1) is 8.19. The number of anilines is 2. The van der Waals surface area contributed by atoms with Gasteiger partial charge in [0.25, 0.3) is 0 Å². The molecule has 1 aromatic carbocycles. The molecule has 92 valence electrons. The fraction of sp³-hybridized carbons (Fsp3) is 0.462. The summed E-state index contributed by atoms with van der Waals surface area (Å²) in [6, 6.07) is 6.47. The Morgan fingerprint density at radius 2 is 2.24 bits per heavy atom. The molecule has 1 amide bonds. The molecule has 1 saturated heterocycles. The molecule has 2 rings (SSSR count). The van der Waals surface area contributed by atoms with Gasteiger partial charge in [-0.25, -0.2) is 0 Å². The number of hydrogen-bond donors (Lipinski definition) is 3. The van der Waals surface area contributed by atoms with Gasteiger partial charge in [0.1, 0.15) is 0 Å². The zero-order chi connectivity index (χ0) is 12.3. The van der Waals surface area contributed by atoms with Crippen LogP contribution in [0.15, 0.2) is 18.2 Å². The van der Waals surface area contributed by atoms with Gasteiger partial charge in [-0.2, -0.15) is 0 Å². The predicted octanol–water partition coefficient (Wildman–Crippen LogP) is 1.73. The molecule has 0 aliphatic carbocycles. The number of aryl methyl sites for hydroxylation is 1. The van der Waals surface area contributed by atoms with E-state index in [9.17, 15) is 4.79 Å². The van der Waals surface area contributed by atoms with Gasteiger partial charge >= 0.3 is 0 Å². The lowest BCUT2D eigenvalue weighted by Gasteiger charge is -2.29. The van der Waals surface area contributed by atoms with Crippen LogP contribution in [0.1, 0.15) is 18.9 Å². The number of hydrogen-bond acceptors (Lipinski definition) is 3. The Kier molecular flexibility index (Phi) is 3.64. The highest BCUT2D eigenvalue weighted by molar-refractivity contribution is 5.91. The Morgan fingerprint density at radius 3 is 2.82 bits per heavy atom. The lowest BCUT2D eigenvalue weighted by Crippen LogP contribution is -2.51. The smallest absolute Gasteiger partial charge is 0.224 e. The second kappa shape index (κ2) is 5.19. The van der Waals surface area contributed by atoms with Crippen molar-refractivity contribution in [3.8, 4) is 0 Å². The molecule has 0 saturated carbocycles. The Bertz CT molecular complexity index is 413. The summed E-state index contributed by atoms with van der Waals surface area (Å²) in [5.41, 5.74) is 3.16. The Morgan fingerprint density at radius 1 is 1.47 bits per heavy atom. The SMILES string of the molecule is CCC(=O)Nc1ccc(C)c(NC2CNC2)c1. The van der Waals surface area contributed by atoms with E-state index in [2.05, 4.69) is 22.9 Å².